The van der Waals surface area contributed by atoms with Gasteiger partial charge in [0.25, 0.3) is 5.91 Å². The van der Waals surface area contributed by atoms with Gasteiger partial charge in [-0.1, -0.05) is 24.6 Å². The number of anilines is 2. The average molecular weight is 553 g/mol. The van der Waals surface area contributed by atoms with Crippen LogP contribution in [-0.2, 0) is 14.4 Å². The maximum absolute atomic E-state index is 12.3. The Morgan fingerprint density at radius 3 is 2.33 bits per heavy atom. The molecule has 0 heterocycles. The molecule has 0 spiro atoms. The van der Waals surface area contributed by atoms with Crippen LogP contribution >= 0.6 is 11.6 Å². The number of hydrazone groups is 1. The molecule has 3 rings (SSSR count). The molecule has 11 heteroatoms. The third kappa shape index (κ3) is 9.04. The highest BCUT2D eigenvalue weighted by molar-refractivity contribution is 6.39. The van der Waals surface area contributed by atoms with Crippen LogP contribution < -0.4 is 30.3 Å². The summed E-state index contributed by atoms with van der Waals surface area (Å²) in [5.41, 5.74) is 4.64. The molecule has 0 fully saturated rings. The predicted octanol–water partition coefficient (Wildman–Crippen LogP) is 4.55. The second kappa shape index (κ2) is 14.4. The highest BCUT2D eigenvalue weighted by Gasteiger charge is 2.13. The van der Waals surface area contributed by atoms with Crippen LogP contribution in [0.4, 0.5) is 11.4 Å². The molecule has 3 N–H and O–H groups in total. The van der Waals surface area contributed by atoms with Crippen molar-refractivity contribution in [3.8, 4) is 17.2 Å². The Hall–Kier alpha value is -4.57. The molecule has 0 bridgehead atoms. The number of amides is 3. The topological polar surface area (TPSA) is 127 Å². The number of hydrogen-bond acceptors (Lipinski definition) is 7. The lowest BCUT2D eigenvalue weighted by Gasteiger charge is -2.12. The molecular weight excluding hydrogens is 524 g/mol. The zero-order valence-electron chi connectivity index (χ0n) is 21.7. The van der Waals surface area contributed by atoms with E-state index in [1.807, 2.05) is 13.8 Å². The van der Waals surface area contributed by atoms with Gasteiger partial charge < -0.3 is 24.8 Å². The molecule has 0 unspecified atom stereocenters. The number of hydrogen-bond donors (Lipinski definition) is 3. The van der Waals surface area contributed by atoms with Crippen molar-refractivity contribution in [2.45, 2.75) is 20.3 Å². The minimum absolute atomic E-state index is 0.255. The molecule has 0 saturated carbocycles. The first-order valence-electron chi connectivity index (χ1n) is 12.0. The van der Waals surface area contributed by atoms with Crippen LogP contribution in [0.15, 0.2) is 65.8 Å². The Kier molecular flexibility index (Phi) is 10.7. The van der Waals surface area contributed by atoms with Crippen molar-refractivity contribution < 1.29 is 28.6 Å². The fourth-order valence-electron chi connectivity index (χ4n) is 3.15. The van der Waals surface area contributed by atoms with Crippen molar-refractivity contribution in [3.63, 3.8) is 0 Å². The second-order valence-corrected chi connectivity index (χ2v) is 8.64. The highest BCUT2D eigenvalue weighted by Crippen LogP contribution is 2.27. The van der Waals surface area contributed by atoms with Gasteiger partial charge in [-0.15, -0.1) is 0 Å². The van der Waals surface area contributed by atoms with E-state index in [0.717, 1.165) is 12.0 Å². The maximum atomic E-state index is 12.3. The molecule has 0 saturated heterocycles. The van der Waals surface area contributed by atoms with Gasteiger partial charge in [-0.3, -0.25) is 14.4 Å². The van der Waals surface area contributed by atoms with E-state index in [2.05, 4.69) is 21.2 Å². The van der Waals surface area contributed by atoms with Gasteiger partial charge >= 0.3 is 11.8 Å². The predicted molar refractivity (Wildman–Crippen MR) is 150 cm³/mol. The van der Waals surface area contributed by atoms with E-state index >= 15 is 0 Å². The maximum Gasteiger partial charge on any atom is 0.329 e. The van der Waals surface area contributed by atoms with Gasteiger partial charge in [0.1, 0.15) is 5.75 Å². The lowest BCUT2D eigenvalue weighted by atomic mass is 10.2. The summed E-state index contributed by atoms with van der Waals surface area (Å²) in [6.07, 6.45) is 2.22. The summed E-state index contributed by atoms with van der Waals surface area (Å²) >= 11 is 6.09. The van der Waals surface area contributed by atoms with E-state index in [1.165, 1.54) is 13.3 Å². The first-order valence-corrected chi connectivity index (χ1v) is 12.4. The summed E-state index contributed by atoms with van der Waals surface area (Å²) in [5, 5.41) is 9.56. The number of nitrogens with zero attached hydrogens (tertiary/aromatic N) is 1. The van der Waals surface area contributed by atoms with Crippen LogP contribution in [0.5, 0.6) is 17.2 Å². The molecule has 204 valence electrons. The number of nitrogens with one attached hydrogen (secondary N) is 3. The molecule has 0 aliphatic carbocycles. The van der Waals surface area contributed by atoms with Gasteiger partial charge in [0.05, 0.1) is 19.9 Å². The highest BCUT2D eigenvalue weighted by atomic mass is 35.5. The third-order valence-corrected chi connectivity index (χ3v) is 5.58. The first kappa shape index (κ1) is 29.0. The van der Waals surface area contributed by atoms with Crippen LogP contribution in [0.2, 0.25) is 5.02 Å². The lowest BCUT2D eigenvalue weighted by molar-refractivity contribution is -0.136. The summed E-state index contributed by atoms with van der Waals surface area (Å²) in [5.74, 6) is -0.829. The largest absolute Gasteiger partial charge is 0.494 e. The van der Waals surface area contributed by atoms with Crippen molar-refractivity contribution in [2.24, 2.45) is 5.10 Å². The molecule has 0 radical (unpaired) electrons. The van der Waals surface area contributed by atoms with Gasteiger partial charge in [-0.2, -0.15) is 5.10 Å². The van der Waals surface area contributed by atoms with E-state index in [1.54, 1.807) is 60.7 Å². The van der Waals surface area contributed by atoms with Gasteiger partial charge in [-0.25, -0.2) is 5.43 Å². The van der Waals surface area contributed by atoms with Crippen LogP contribution in [0.3, 0.4) is 0 Å². The number of ether oxygens (including phenoxy) is 3. The van der Waals surface area contributed by atoms with Crippen molar-refractivity contribution in [1.82, 2.24) is 5.43 Å². The number of aryl methyl sites for hydroxylation is 1. The van der Waals surface area contributed by atoms with E-state index in [4.69, 9.17) is 25.8 Å². The van der Waals surface area contributed by atoms with E-state index in [-0.39, 0.29) is 12.5 Å². The van der Waals surface area contributed by atoms with Crippen LogP contribution in [-0.4, -0.2) is 44.3 Å². The van der Waals surface area contributed by atoms with Crippen LogP contribution in [0, 0.1) is 6.92 Å². The average Bonchev–Trinajstić information content (AvgIpc) is 2.93. The molecule has 0 aromatic heterocycles. The van der Waals surface area contributed by atoms with Gasteiger partial charge in [-0.05, 0) is 79.1 Å². The number of rotatable bonds is 11. The molecule has 10 nitrogen and oxygen atoms in total. The molecule has 0 aliphatic heterocycles. The number of carbonyl (C=O) groups is 3. The molecule has 0 atom stereocenters. The minimum atomic E-state index is -0.939. The van der Waals surface area contributed by atoms with Crippen molar-refractivity contribution in [1.29, 1.82) is 0 Å². The Balaban J connectivity index is 1.49. The molecule has 39 heavy (non-hydrogen) atoms. The molecule has 3 amide bonds. The molecule has 3 aromatic rings. The van der Waals surface area contributed by atoms with Gasteiger partial charge in [0, 0.05) is 16.4 Å². The number of benzene rings is 3. The summed E-state index contributed by atoms with van der Waals surface area (Å²) < 4.78 is 16.4. The number of halogens is 1. The number of carbonyl (C=O) groups excluding carboxylic acids is 3. The van der Waals surface area contributed by atoms with Crippen LogP contribution in [0.25, 0.3) is 0 Å². The summed E-state index contributed by atoms with van der Waals surface area (Å²) in [7, 11) is 1.45. The second-order valence-electron chi connectivity index (χ2n) is 8.24. The third-order valence-electron chi connectivity index (χ3n) is 5.17. The fraction of sp³-hybridized carbons (Fsp3) is 0.214. The van der Waals surface area contributed by atoms with Crippen LogP contribution in [0.1, 0.15) is 24.5 Å². The Labute approximate surface area is 231 Å². The number of methoxy groups -OCH3 is 1. The zero-order chi connectivity index (χ0) is 28.2. The smallest absolute Gasteiger partial charge is 0.329 e. The molecule has 0 aliphatic rings. The van der Waals surface area contributed by atoms with Crippen molar-refractivity contribution in [2.75, 3.05) is 31.0 Å². The Morgan fingerprint density at radius 1 is 0.897 bits per heavy atom. The van der Waals surface area contributed by atoms with Crippen molar-refractivity contribution >= 4 is 46.9 Å². The zero-order valence-corrected chi connectivity index (χ0v) is 22.5. The molecule has 3 aromatic carbocycles. The summed E-state index contributed by atoms with van der Waals surface area (Å²) in [6, 6.07) is 16.7. The monoisotopic (exact) mass is 552 g/mol. The SMILES string of the molecule is CCCOc1ccc(NC(=O)C(=O)N/N=C\c2ccc(OCC(=O)Nc3ccc(C)c(Cl)c3)c(OC)c2)cc1. The standard InChI is InChI=1S/C28H29ClN4O6/c1-4-13-38-22-10-8-20(9-11-22)32-27(35)28(36)33-30-16-19-6-12-24(25(14-19)37-3)39-17-26(34)31-21-7-5-18(2)23(29)15-21/h5-12,14-16H,4,13,17H2,1-3H3,(H,31,34)(H,32,35)(H,33,36)/b30-16-. The Morgan fingerprint density at radius 2 is 1.64 bits per heavy atom. The first-order chi connectivity index (χ1) is 18.8. The lowest BCUT2D eigenvalue weighted by Crippen LogP contribution is -2.32. The van der Waals surface area contributed by atoms with E-state index < -0.39 is 11.8 Å². The summed E-state index contributed by atoms with van der Waals surface area (Å²) in [4.78, 5) is 36.5. The summed E-state index contributed by atoms with van der Waals surface area (Å²) in [6.45, 7) is 4.21. The fourth-order valence-corrected chi connectivity index (χ4v) is 3.33. The van der Waals surface area contributed by atoms with Gasteiger partial charge in [0.2, 0.25) is 0 Å². The Bertz CT molecular complexity index is 1340. The van der Waals surface area contributed by atoms with E-state index in [9.17, 15) is 14.4 Å². The minimum Gasteiger partial charge on any atom is -0.494 e. The van der Waals surface area contributed by atoms with Gasteiger partial charge in [0.15, 0.2) is 18.1 Å². The normalized spacial score (nSPS) is 10.6. The van der Waals surface area contributed by atoms with Crippen molar-refractivity contribution in [3.05, 3.63) is 76.8 Å². The quantitative estimate of drug-likeness (QED) is 0.182. The molecular formula is C28H29ClN4O6. The van der Waals surface area contributed by atoms with E-state index in [0.29, 0.717) is 45.8 Å².